The van der Waals surface area contributed by atoms with Crippen molar-refractivity contribution in [1.82, 2.24) is 5.32 Å². The van der Waals surface area contributed by atoms with E-state index in [-0.39, 0.29) is 12.1 Å². The standard InChI is InChI=1S/C15H16BrNO4/c1-15(2,3)21-14(20)17-8-4-5-10-6-7-11(13(18)19)9-12(10)16/h6-7,9H,8H2,1-3H3,(H,17,20)(H,18,19). The molecule has 0 spiro atoms. The molecule has 21 heavy (non-hydrogen) atoms. The van der Waals surface area contributed by atoms with Gasteiger partial charge in [-0.25, -0.2) is 9.59 Å². The number of carboxylic acid groups (broad SMARTS) is 1. The van der Waals surface area contributed by atoms with E-state index in [1.54, 1.807) is 26.8 Å². The fraction of sp³-hybridized carbons (Fsp3) is 0.333. The first-order valence-electron chi connectivity index (χ1n) is 6.17. The number of ether oxygens (including phenoxy) is 1. The van der Waals surface area contributed by atoms with E-state index in [9.17, 15) is 9.59 Å². The first kappa shape index (κ1) is 17.1. The maximum Gasteiger partial charge on any atom is 0.408 e. The van der Waals surface area contributed by atoms with Gasteiger partial charge in [-0.15, -0.1) is 0 Å². The minimum atomic E-state index is -0.998. The van der Waals surface area contributed by atoms with Gasteiger partial charge in [0.25, 0.3) is 0 Å². The number of carboxylic acids is 1. The predicted molar refractivity (Wildman–Crippen MR) is 82.2 cm³/mol. The van der Waals surface area contributed by atoms with E-state index in [2.05, 4.69) is 33.1 Å². The van der Waals surface area contributed by atoms with Gasteiger partial charge < -0.3 is 15.2 Å². The molecule has 2 N–H and O–H groups in total. The summed E-state index contributed by atoms with van der Waals surface area (Å²) in [7, 11) is 0. The summed E-state index contributed by atoms with van der Waals surface area (Å²) in [5.41, 5.74) is 0.276. The van der Waals surface area contributed by atoms with E-state index in [1.165, 1.54) is 12.1 Å². The van der Waals surface area contributed by atoms with Crippen LogP contribution in [0, 0.1) is 11.8 Å². The Hall–Kier alpha value is -2.00. The number of halogens is 1. The van der Waals surface area contributed by atoms with Crippen molar-refractivity contribution < 1.29 is 19.4 Å². The van der Waals surface area contributed by atoms with Crippen molar-refractivity contribution in [3.63, 3.8) is 0 Å². The zero-order chi connectivity index (χ0) is 16.0. The van der Waals surface area contributed by atoms with Crippen LogP contribution < -0.4 is 5.32 Å². The highest BCUT2D eigenvalue weighted by Crippen LogP contribution is 2.17. The quantitative estimate of drug-likeness (QED) is 0.801. The van der Waals surface area contributed by atoms with Gasteiger partial charge in [0.05, 0.1) is 12.1 Å². The van der Waals surface area contributed by atoms with E-state index in [0.717, 1.165) is 0 Å². The van der Waals surface area contributed by atoms with Crippen LogP contribution in [0.5, 0.6) is 0 Å². The van der Waals surface area contributed by atoms with Gasteiger partial charge in [0.15, 0.2) is 0 Å². The zero-order valence-corrected chi connectivity index (χ0v) is 13.6. The van der Waals surface area contributed by atoms with Gasteiger partial charge in [0.1, 0.15) is 5.60 Å². The molecule has 0 radical (unpaired) electrons. The SMILES string of the molecule is CC(C)(C)OC(=O)NCC#Cc1ccc(C(=O)O)cc1Br. The lowest BCUT2D eigenvalue weighted by Crippen LogP contribution is -2.32. The second kappa shape index (κ2) is 7.14. The molecule has 5 nitrogen and oxygen atoms in total. The Labute approximate surface area is 131 Å². The number of amides is 1. The summed E-state index contributed by atoms with van der Waals surface area (Å²) in [6.45, 7) is 5.47. The lowest BCUT2D eigenvalue weighted by atomic mass is 10.1. The van der Waals surface area contributed by atoms with Crippen LogP contribution in [0.15, 0.2) is 22.7 Å². The van der Waals surface area contributed by atoms with E-state index >= 15 is 0 Å². The van der Waals surface area contributed by atoms with Crippen LogP contribution in [0.3, 0.4) is 0 Å². The van der Waals surface area contributed by atoms with Crippen LogP contribution in [-0.2, 0) is 4.74 Å². The molecule has 0 bridgehead atoms. The van der Waals surface area contributed by atoms with Crippen molar-refractivity contribution in [1.29, 1.82) is 0 Å². The largest absolute Gasteiger partial charge is 0.478 e. The van der Waals surface area contributed by atoms with Crippen molar-refractivity contribution in [2.24, 2.45) is 0 Å². The number of carbonyl (C=O) groups excluding carboxylic acids is 1. The molecule has 1 rings (SSSR count). The Bertz CT molecular complexity index is 608. The minimum Gasteiger partial charge on any atom is -0.478 e. The normalized spacial score (nSPS) is 10.3. The third kappa shape index (κ3) is 6.32. The van der Waals surface area contributed by atoms with Gasteiger partial charge in [0.2, 0.25) is 0 Å². The number of aromatic carboxylic acids is 1. The zero-order valence-electron chi connectivity index (χ0n) is 12.0. The Morgan fingerprint density at radius 1 is 1.38 bits per heavy atom. The van der Waals surface area contributed by atoms with Crippen LogP contribution in [-0.4, -0.2) is 29.3 Å². The number of hydrogen-bond donors (Lipinski definition) is 2. The fourth-order valence-corrected chi connectivity index (χ4v) is 1.80. The molecule has 6 heteroatoms. The Kier molecular flexibility index (Phi) is 5.79. The molecular weight excluding hydrogens is 338 g/mol. The molecule has 0 atom stereocenters. The van der Waals surface area contributed by atoms with Crippen molar-refractivity contribution in [3.8, 4) is 11.8 Å². The molecule has 0 aromatic heterocycles. The van der Waals surface area contributed by atoms with Crippen LogP contribution >= 0.6 is 15.9 Å². The van der Waals surface area contributed by atoms with E-state index in [4.69, 9.17) is 9.84 Å². The molecule has 0 fully saturated rings. The molecule has 0 aliphatic carbocycles. The summed E-state index contributed by atoms with van der Waals surface area (Å²) in [4.78, 5) is 22.2. The molecule has 0 heterocycles. The highest BCUT2D eigenvalue weighted by Gasteiger charge is 2.15. The van der Waals surface area contributed by atoms with Crippen molar-refractivity contribution in [2.45, 2.75) is 26.4 Å². The summed E-state index contributed by atoms with van der Waals surface area (Å²) in [6.07, 6.45) is -0.530. The van der Waals surface area contributed by atoms with Crippen LogP contribution in [0.1, 0.15) is 36.7 Å². The smallest absolute Gasteiger partial charge is 0.408 e. The maximum absolute atomic E-state index is 11.4. The molecule has 0 saturated heterocycles. The lowest BCUT2D eigenvalue weighted by Gasteiger charge is -2.19. The van der Waals surface area contributed by atoms with Gasteiger partial charge in [-0.2, -0.15) is 0 Å². The van der Waals surface area contributed by atoms with Gasteiger partial charge in [-0.1, -0.05) is 11.8 Å². The molecule has 1 amide bonds. The number of carbonyl (C=O) groups is 2. The van der Waals surface area contributed by atoms with Crippen molar-refractivity contribution in [3.05, 3.63) is 33.8 Å². The first-order chi connectivity index (χ1) is 9.69. The Balaban J connectivity index is 2.60. The lowest BCUT2D eigenvalue weighted by molar-refractivity contribution is 0.0534. The molecule has 0 unspecified atom stereocenters. The summed E-state index contributed by atoms with van der Waals surface area (Å²) in [6, 6.07) is 4.56. The molecule has 0 aliphatic rings. The number of rotatable bonds is 2. The highest BCUT2D eigenvalue weighted by atomic mass is 79.9. The van der Waals surface area contributed by atoms with Crippen LogP contribution in [0.4, 0.5) is 4.79 Å². The highest BCUT2D eigenvalue weighted by molar-refractivity contribution is 9.10. The monoisotopic (exact) mass is 353 g/mol. The Morgan fingerprint density at radius 2 is 2.05 bits per heavy atom. The summed E-state index contributed by atoms with van der Waals surface area (Å²) >= 11 is 3.26. The molecular formula is C15H16BrNO4. The van der Waals surface area contributed by atoms with E-state index < -0.39 is 17.7 Å². The van der Waals surface area contributed by atoms with Crippen molar-refractivity contribution >= 4 is 28.0 Å². The summed E-state index contributed by atoms with van der Waals surface area (Å²) in [5.74, 6) is 4.61. The average molecular weight is 354 g/mol. The molecule has 1 aromatic carbocycles. The van der Waals surface area contributed by atoms with Crippen LogP contribution in [0.25, 0.3) is 0 Å². The third-order valence-corrected chi connectivity index (χ3v) is 2.82. The number of nitrogens with one attached hydrogen (secondary N) is 1. The van der Waals surface area contributed by atoms with Crippen molar-refractivity contribution in [2.75, 3.05) is 6.54 Å². The van der Waals surface area contributed by atoms with Gasteiger partial charge in [0, 0.05) is 10.0 Å². The van der Waals surface area contributed by atoms with Gasteiger partial charge >= 0.3 is 12.1 Å². The molecule has 1 aromatic rings. The molecule has 112 valence electrons. The number of benzene rings is 1. The van der Waals surface area contributed by atoms with Gasteiger partial charge in [-0.3, -0.25) is 0 Å². The second-order valence-corrected chi connectivity index (χ2v) is 6.01. The molecule has 0 aliphatic heterocycles. The number of hydrogen-bond acceptors (Lipinski definition) is 3. The fourth-order valence-electron chi connectivity index (χ4n) is 1.32. The minimum absolute atomic E-state index is 0.141. The molecule has 0 saturated carbocycles. The topological polar surface area (TPSA) is 75.6 Å². The maximum atomic E-state index is 11.4. The second-order valence-electron chi connectivity index (χ2n) is 5.16. The summed E-state index contributed by atoms with van der Waals surface area (Å²) < 4.78 is 5.65. The third-order valence-electron chi connectivity index (χ3n) is 2.16. The average Bonchev–Trinajstić information content (AvgIpc) is 2.33. The number of alkyl carbamates (subject to hydrolysis) is 1. The van der Waals surface area contributed by atoms with Gasteiger partial charge in [-0.05, 0) is 54.9 Å². The van der Waals surface area contributed by atoms with E-state index in [1.807, 2.05) is 0 Å². The van der Waals surface area contributed by atoms with Crippen LogP contribution in [0.2, 0.25) is 0 Å². The predicted octanol–water partition coefficient (Wildman–Crippen LogP) is 3.02. The summed E-state index contributed by atoms with van der Waals surface area (Å²) in [5, 5.41) is 11.4. The first-order valence-corrected chi connectivity index (χ1v) is 6.97. The Morgan fingerprint density at radius 3 is 2.57 bits per heavy atom. The van der Waals surface area contributed by atoms with E-state index in [0.29, 0.717) is 10.0 Å².